The van der Waals surface area contributed by atoms with E-state index in [-0.39, 0.29) is 5.56 Å². The third-order valence-electron chi connectivity index (χ3n) is 3.30. The number of hydrogen-bond donors (Lipinski definition) is 1. The van der Waals surface area contributed by atoms with Crippen LogP contribution in [0.2, 0.25) is 0 Å². The number of pyridine rings is 1. The van der Waals surface area contributed by atoms with Crippen molar-refractivity contribution in [2.45, 2.75) is 6.92 Å². The highest BCUT2D eigenvalue weighted by atomic mass is 16.5. The van der Waals surface area contributed by atoms with Gasteiger partial charge in [0, 0.05) is 5.56 Å². The van der Waals surface area contributed by atoms with Crippen LogP contribution < -0.4 is 14.2 Å². The van der Waals surface area contributed by atoms with Crippen LogP contribution in [0.3, 0.4) is 0 Å². The normalized spacial score (nSPS) is 10.2. The van der Waals surface area contributed by atoms with Gasteiger partial charge < -0.3 is 19.3 Å². The minimum atomic E-state index is -1.00. The Morgan fingerprint density at radius 2 is 1.68 bits per heavy atom. The van der Waals surface area contributed by atoms with Crippen molar-refractivity contribution in [1.29, 1.82) is 0 Å². The highest BCUT2D eigenvalue weighted by Crippen LogP contribution is 2.43. The number of carboxylic acids is 1. The molecule has 0 amide bonds. The van der Waals surface area contributed by atoms with Crippen molar-refractivity contribution >= 4 is 5.97 Å². The average molecular weight is 303 g/mol. The van der Waals surface area contributed by atoms with Crippen LogP contribution in [0.5, 0.6) is 17.2 Å². The standard InChI is InChI=1S/C16H17NO5/c1-9-10(16(18)19)5-7-12(17-9)11-6-8-13(20-2)15(22-4)14(11)21-3/h5-8H,1-4H3,(H,18,19). The molecule has 0 bridgehead atoms. The molecule has 6 heteroatoms. The second-order valence-electron chi connectivity index (χ2n) is 4.52. The zero-order valence-corrected chi connectivity index (χ0v) is 12.8. The van der Waals surface area contributed by atoms with Crippen molar-refractivity contribution < 1.29 is 24.1 Å². The van der Waals surface area contributed by atoms with Crippen LogP contribution in [0, 0.1) is 6.92 Å². The molecule has 0 saturated heterocycles. The van der Waals surface area contributed by atoms with Crippen LogP contribution >= 0.6 is 0 Å². The van der Waals surface area contributed by atoms with E-state index in [0.717, 1.165) is 0 Å². The Kier molecular flexibility index (Phi) is 4.50. The van der Waals surface area contributed by atoms with Crippen molar-refractivity contribution in [3.63, 3.8) is 0 Å². The first-order valence-electron chi connectivity index (χ1n) is 6.53. The van der Waals surface area contributed by atoms with Gasteiger partial charge in [-0.05, 0) is 31.2 Å². The number of methoxy groups -OCH3 is 3. The van der Waals surface area contributed by atoms with Gasteiger partial charge in [0.15, 0.2) is 11.5 Å². The molecule has 2 aromatic rings. The molecule has 22 heavy (non-hydrogen) atoms. The number of aromatic nitrogens is 1. The van der Waals surface area contributed by atoms with Crippen molar-refractivity contribution in [3.05, 3.63) is 35.5 Å². The monoisotopic (exact) mass is 303 g/mol. The Morgan fingerprint density at radius 3 is 2.18 bits per heavy atom. The van der Waals surface area contributed by atoms with Gasteiger partial charge >= 0.3 is 5.97 Å². The molecule has 6 nitrogen and oxygen atoms in total. The van der Waals surface area contributed by atoms with Gasteiger partial charge in [0.2, 0.25) is 5.75 Å². The fourth-order valence-corrected chi connectivity index (χ4v) is 2.24. The number of carboxylic acid groups (broad SMARTS) is 1. The number of aromatic carboxylic acids is 1. The molecule has 0 saturated carbocycles. The summed E-state index contributed by atoms with van der Waals surface area (Å²) in [6.45, 7) is 1.65. The molecule has 0 spiro atoms. The molecule has 0 aliphatic rings. The van der Waals surface area contributed by atoms with E-state index in [1.165, 1.54) is 20.3 Å². The summed E-state index contributed by atoms with van der Waals surface area (Å²) in [5.41, 5.74) is 1.89. The number of carbonyl (C=O) groups is 1. The summed E-state index contributed by atoms with van der Waals surface area (Å²) in [6.07, 6.45) is 0. The maximum atomic E-state index is 11.1. The van der Waals surface area contributed by atoms with Crippen LogP contribution in [0.4, 0.5) is 0 Å². The summed E-state index contributed by atoms with van der Waals surface area (Å²) in [6, 6.07) is 6.71. The third-order valence-corrected chi connectivity index (χ3v) is 3.30. The minimum absolute atomic E-state index is 0.170. The number of benzene rings is 1. The average Bonchev–Trinajstić information content (AvgIpc) is 2.52. The molecule has 2 rings (SSSR count). The van der Waals surface area contributed by atoms with Gasteiger partial charge in [0.25, 0.3) is 0 Å². The topological polar surface area (TPSA) is 77.9 Å². The Bertz CT molecular complexity index is 712. The Morgan fingerprint density at radius 1 is 1.00 bits per heavy atom. The molecular formula is C16H17NO5. The largest absolute Gasteiger partial charge is 0.493 e. The first kappa shape index (κ1) is 15.6. The third kappa shape index (κ3) is 2.67. The highest BCUT2D eigenvalue weighted by Gasteiger charge is 2.19. The second-order valence-corrected chi connectivity index (χ2v) is 4.52. The van der Waals surface area contributed by atoms with E-state index in [1.807, 2.05) is 0 Å². The summed E-state index contributed by atoms with van der Waals surface area (Å²) >= 11 is 0. The zero-order valence-electron chi connectivity index (χ0n) is 12.8. The lowest BCUT2D eigenvalue weighted by Gasteiger charge is -2.15. The summed E-state index contributed by atoms with van der Waals surface area (Å²) in [5.74, 6) is 0.485. The van der Waals surface area contributed by atoms with Gasteiger partial charge in [-0.3, -0.25) is 4.98 Å². The zero-order chi connectivity index (χ0) is 16.3. The van der Waals surface area contributed by atoms with Crippen molar-refractivity contribution in [1.82, 2.24) is 4.98 Å². The second kappa shape index (κ2) is 6.34. The van der Waals surface area contributed by atoms with E-state index >= 15 is 0 Å². The number of rotatable bonds is 5. The predicted octanol–water partition coefficient (Wildman–Crippen LogP) is 2.78. The lowest BCUT2D eigenvalue weighted by Crippen LogP contribution is -2.03. The van der Waals surface area contributed by atoms with Gasteiger partial charge in [-0.2, -0.15) is 0 Å². The number of aryl methyl sites for hydroxylation is 1. The van der Waals surface area contributed by atoms with Crippen LogP contribution in [-0.4, -0.2) is 37.4 Å². The smallest absolute Gasteiger partial charge is 0.337 e. The van der Waals surface area contributed by atoms with Crippen LogP contribution in [0.15, 0.2) is 24.3 Å². The molecule has 0 aliphatic heterocycles. The molecule has 0 radical (unpaired) electrons. The van der Waals surface area contributed by atoms with Gasteiger partial charge in [0.05, 0.1) is 38.3 Å². The quantitative estimate of drug-likeness (QED) is 0.915. The van der Waals surface area contributed by atoms with Crippen LogP contribution in [0.1, 0.15) is 16.1 Å². The first-order valence-corrected chi connectivity index (χ1v) is 6.53. The van der Waals surface area contributed by atoms with E-state index in [9.17, 15) is 4.79 Å². The maximum absolute atomic E-state index is 11.1. The Labute approximate surface area is 128 Å². The SMILES string of the molecule is COc1ccc(-c2ccc(C(=O)O)c(C)n2)c(OC)c1OC. The van der Waals surface area contributed by atoms with Gasteiger partial charge in [-0.25, -0.2) is 4.79 Å². The molecule has 0 atom stereocenters. The molecule has 1 aromatic heterocycles. The number of nitrogens with zero attached hydrogens (tertiary/aromatic N) is 1. The lowest BCUT2D eigenvalue weighted by molar-refractivity contribution is 0.0695. The van der Waals surface area contributed by atoms with Gasteiger partial charge in [-0.1, -0.05) is 0 Å². The van der Waals surface area contributed by atoms with E-state index in [4.69, 9.17) is 19.3 Å². The lowest BCUT2D eigenvalue weighted by atomic mass is 10.1. The minimum Gasteiger partial charge on any atom is -0.493 e. The number of ether oxygens (including phenoxy) is 3. The van der Waals surface area contributed by atoms with Crippen molar-refractivity contribution in [3.8, 4) is 28.5 Å². The van der Waals surface area contributed by atoms with Crippen LogP contribution in [0.25, 0.3) is 11.3 Å². The van der Waals surface area contributed by atoms with Gasteiger partial charge in [-0.15, -0.1) is 0 Å². The summed E-state index contributed by atoms with van der Waals surface area (Å²) in [4.78, 5) is 15.4. The fraction of sp³-hybridized carbons (Fsp3) is 0.250. The summed E-state index contributed by atoms with van der Waals surface area (Å²) in [7, 11) is 4.59. The maximum Gasteiger partial charge on any atom is 0.337 e. The molecule has 1 heterocycles. The molecule has 0 fully saturated rings. The summed E-state index contributed by atoms with van der Waals surface area (Å²) < 4.78 is 16.0. The van der Waals surface area contributed by atoms with Crippen molar-refractivity contribution in [2.75, 3.05) is 21.3 Å². The highest BCUT2D eigenvalue weighted by molar-refractivity contribution is 5.89. The summed E-state index contributed by atoms with van der Waals surface area (Å²) in [5, 5.41) is 9.08. The first-order chi connectivity index (χ1) is 10.5. The Hall–Kier alpha value is -2.76. The van der Waals surface area contributed by atoms with E-state index in [2.05, 4.69) is 4.98 Å². The molecule has 1 N–H and O–H groups in total. The molecular weight excluding hydrogens is 286 g/mol. The molecule has 0 aliphatic carbocycles. The molecule has 1 aromatic carbocycles. The molecule has 0 unspecified atom stereocenters. The van der Waals surface area contributed by atoms with Gasteiger partial charge in [0.1, 0.15) is 0 Å². The number of hydrogen-bond acceptors (Lipinski definition) is 5. The van der Waals surface area contributed by atoms with Crippen LogP contribution in [-0.2, 0) is 0 Å². The van der Waals surface area contributed by atoms with E-state index < -0.39 is 5.97 Å². The van der Waals surface area contributed by atoms with E-state index in [0.29, 0.717) is 34.2 Å². The fourth-order valence-electron chi connectivity index (χ4n) is 2.24. The predicted molar refractivity (Wildman–Crippen MR) is 81.0 cm³/mol. The van der Waals surface area contributed by atoms with E-state index in [1.54, 1.807) is 32.2 Å². The molecule has 116 valence electrons. The Balaban J connectivity index is 2.62. The van der Waals surface area contributed by atoms with Crippen molar-refractivity contribution in [2.24, 2.45) is 0 Å².